The lowest BCUT2D eigenvalue weighted by Crippen LogP contribution is -2.39. The van der Waals surface area contributed by atoms with E-state index in [-0.39, 0.29) is 12.1 Å². The van der Waals surface area contributed by atoms with Gasteiger partial charge in [-0.05, 0) is 61.3 Å². The highest BCUT2D eigenvalue weighted by molar-refractivity contribution is 7.89. The first kappa shape index (κ1) is 19.2. The van der Waals surface area contributed by atoms with E-state index in [1.165, 1.54) is 17.9 Å². The average Bonchev–Trinajstić information content (AvgIpc) is 3.41. The Bertz CT molecular complexity index is 1020. The van der Waals surface area contributed by atoms with Crippen molar-refractivity contribution in [2.24, 2.45) is 0 Å². The van der Waals surface area contributed by atoms with E-state index in [0.29, 0.717) is 11.3 Å². The summed E-state index contributed by atoms with van der Waals surface area (Å²) >= 11 is 1.30. The molecule has 0 saturated heterocycles. The summed E-state index contributed by atoms with van der Waals surface area (Å²) < 4.78 is 35.1. The summed E-state index contributed by atoms with van der Waals surface area (Å²) in [5.41, 5.74) is 1.68. The van der Waals surface area contributed by atoms with Crippen LogP contribution >= 0.6 is 11.5 Å². The molecule has 1 aromatic carbocycles. The lowest BCUT2D eigenvalue weighted by atomic mass is 9.91. The van der Waals surface area contributed by atoms with Gasteiger partial charge < -0.3 is 4.57 Å². The maximum Gasteiger partial charge on any atom is 0.241 e. The molecular formula is C18H22N6O2S2. The molecular weight excluding hydrogens is 396 g/mol. The maximum atomic E-state index is 13.1. The van der Waals surface area contributed by atoms with Gasteiger partial charge in [-0.1, -0.05) is 13.0 Å². The van der Waals surface area contributed by atoms with Crippen molar-refractivity contribution in [1.29, 1.82) is 0 Å². The van der Waals surface area contributed by atoms with Gasteiger partial charge in [0.1, 0.15) is 24.0 Å². The summed E-state index contributed by atoms with van der Waals surface area (Å²) in [7, 11) is -3.60. The van der Waals surface area contributed by atoms with Gasteiger partial charge in [0.25, 0.3) is 0 Å². The van der Waals surface area contributed by atoms with Gasteiger partial charge in [0, 0.05) is 17.6 Å². The van der Waals surface area contributed by atoms with Crippen LogP contribution in [-0.2, 0) is 16.4 Å². The number of hydrogen-bond acceptors (Lipinski definition) is 7. The number of sulfonamides is 1. The number of aryl methyl sites for hydroxylation is 1. The molecule has 1 aliphatic rings. The number of nitrogens with one attached hydrogen (secondary N) is 1. The summed E-state index contributed by atoms with van der Waals surface area (Å²) in [6, 6.07) is 5.50. The molecule has 3 aromatic rings. The molecule has 0 radical (unpaired) electrons. The predicted molar refractivity (Wildman–Crippen MR) is 106 cm³/mol. The molecule has 1 aliphatic carbocycles. The second-order valence-electron chi connectivity index (χ2n) is 6.97. The third-order valence-corrected chi connectivity index (χ3v) is 7.50. The molecule has 4 rings (SSSR count). The Balaban J connectivity index is 1.54. The minimum absolute atomic E-state index is 0.0984. The zero-order chi connectivity index (χ0) is 19.6. The van der Waals surface area contributed by atoms with Crippen LogP contribution in [0.1, 0.15) is 44.2 Å². The Hall–Kier alpha value is -2.17. The molecule has 1 fully saturated rings. The molecule has 1 N–H and O–H groups in total. The minimum Gasteiger partial charge on any atom is -0.317 e. The predicted octanol–water partition coefficient (Wildman–Crippen LogP) is 2.82. The van der Waals surface area contributed by atoms with Crippen molar-refractivity contribution in [3.8, 4) is 10.6 Å². The largest absolute Gasteiger partial charge is 0.317 e. The molecule has 2 atom stereocenters. The van der Waals surface area contributed by atoms with E-state index in [2.05, 4.69) is 24.3 Å². The van der Waals surface area contributed by atoms with Crippen LogP contribution in [0, 0.1) is 0 Å². The molecule has 0 bridgehead atoms. The van der Waals surface area contributed by atoms with E-state index < -0.39 is 10.0 Å². The summed E-state index contributed by atoms with van der Waals surface area (Å²) in [5.74, 6) is 0. The molecule has 0 amide bonds. The number of benzene rings is 1. The van der Waals surface area contributed by atoms with E-state index in [4.69, 9.17) is 0 Å². The molecule has 8 nitrogen and oxygen atoms in total. The van der Waals surface area contributed by atoms with E-state index in [1.54, 1.807) is 24.8 Å². The van der Waals surface area contributed by atoms with Gasteiger partial charge in [0.2, 0.25) is 10.0 Å². The van der Waals surface area contributed by atoms with Gasteiger partial charge in [0.15, 0.2) is 0 Å². The zero-order valence-corrected chi connectivity index (χ0v) is 17.2. The molecule has 1 saturated carbocycles. The van der Waals surface area contributed by atoms with Gasteiger partial charge in [-0.15, -0.1) is 10.2 Å². The quantitative estimate of drug-likeness (QED) is 0.660. The number of aromatic nitrogens is 5. The summed E-state index contributed by atoms with van der Waals surface area (Å²) in [4.78, 5) is 4.55. The second kappa shape index (κ2) is 8.06. The van der Waals surface area contributed by atoms with E-state index in [9.17, 15) is 8.42 Å². The van der Waals surface area contributed by atoms with Crippen molar-refractivity contribution in [2.75, 3.05) is 0 Å². The average molecular weight is 419 g/mol. The summed E-state index contributed by atoms with van der Waals surface area (Å²) in [5, 5.41) is 8.51. The molecule has 2 unspecified atom stereocenters. The monoisotopic (exact) mass is 418 g/mol. The first-order chi connectivity index (χ1) is 13.6. The zero-order valence-electron chi connectivity index (χ0n) is 15.5. The van der Waals surface area contributed by atoms with Crippen LogP contribution in [0.15, 0.2) is 42.1 Å². The minimum atomic E-state index is -3.60. The van der Waals surface area contributed by atoms with Gasteiger partial charge in [-0.25, -0.2) is 18.1 Å². The van der Waals surface area contributed by atoms with Crippen molar-refractivity contribution in [2.45, 2.75) is 56.0 Å². The highest BCUT2D eigenvalue weighted by atomic mass is 32.2. The maximum absolute atomic E-state index is 13.1. The fourth-order valence-electron chi connectivity index (χ4n) is 3.77. The van der Waals surface area contributed by atoms with Crippen molar-refractivity contribution >= 4 is 21.6 Å². The van der Waals surface area contributed by atoms with Gasteiger partial charge in [0.05, 0.1) is 4.90 Å². The van der Waals surface area contributed by atoms with Crippen molar-refractivity contribution in [3.05, 3.63) is 42.7 Å². The van der Waals surface area contributed by atoms with E-state index in [0.717, 1.165) is 41.8 Å². The first-order valence-electron chi connectivity index (χ1n) is 9.33. The third kappa shape index (κ3) is 3.98. The fraction of sp³-hybridized carbons (Fsp3) is 0.444. The number of rotatable bonds is 6. The second-order valence-corrected chi connectivity index (χ2v) is 9.43. The molecule has 148 valence electrons. The Kier molecular flexibility index (Phi) is 5.51. The van der Waals surface area contributed by atoms with Crippen LogP contribution in [0.3, 0.4) is 0 Å². The van der Waals surface area contributed by atoms with E-state index in [1.807, 2.05) is 17.6 Å². The third-order valence-electron chi connectivity index (χ3n) is 5.17. The lowest BCUT2D eigenvalue weighted by molar-refractivity contribution is 0.305. The highest BCUT2D eigenvalue weighted by Crippen LogP contribution is 2.30. The van der Waals surface area contributed by atoms with Crippen LogP contribution < -0.4 is 4.72 Å². The number of hydrogen-bond donors (Lipinski definition) is 1. The number of nitrogens with zero attached hydrogens (tertiary/aromatic N) is 5. The Labute approximate surface area is 168 Å². The Morgan fingerprint density at radius 1 is 1.25 bits per heavy atom. The molecule has 0 aliphatic heterocycles. The lowest BCUT2D eigenvalue weighted by Gasteiger charge is -2.30. The molecule has 0 spiro atoms. The van der Waals surface area contributed by atoms with Gasteiger partial charge in [-0.3, -0.25) is 0 Å². The van der Waals surface area contributed by atoms with Crippen molar-refractivity contribution < 1.29 is 8.42 Å². The standard InChI is InChI=1S/C18H22N6O2S2/c1-2-13-8-14(18-19-10-22-27-18)6-7-17(13)28(25,26)23-15-4-3-5-16(9-15)24-11-20-21-12-24/h6-8,10-12,15-16,23H,2-5,9H2,1H3. The topological polar surface area (TPSA) is 103 Å². The van der Waals surface area contributed by atoms with Crippen LogP contribution in [0.5, 0.6) is 0 Å². The Morgan fingerprint density at radius 3 is 2.79 bits per heavy atom. The van der Waals surface area contributed by atoms with E-state index >= 15 is 0 Å². The normalized spacial score (nSPS) is 20.3. The highest BCUT2D eigenvalue weighted by Gasteiger charge is 2.28. The van der Waals surface area contributed by atoms with Crippen molar-refractivity contribution in [1.82, 2.24) is 28.8 Å². The smallest absolute Gasteiger partial charge is 0.241 e. The van der Waals surface area contributed by atoms with Gasteiger partial charge >= 0.3 is 0 Å². The fourth-order valence-corrected chi connectivity index (χ4v) is 5.87. The van der Waals surface area contributed by atoms with Crippen LogP contribution in [0.25, 0.3) is 10.6 Å². The first-order valence-corrected chi connectivity index (χ1v) is 11.6. The SMILES string of the molecule is CCc1cc(-c2ncns2)ccc1S(=O)(=O)NC1CCCC(n2cnnc2)C1. The molecule has 10 heteroatoms. The summed E-state index contributed by atoms with van der Waals surface area (Å²) in [6.45, 7) is 1.96. The van der Waals surface area contributed by atoms with Gasteiger partial charge in [-0.2, -0.15) is 4.37 Å². The molecule has 2 heterocycles. The molecule has 28 heavy (non-hydrogen) atoms. The Morgan fingerprint density at radius 2 is 2.07 bits per heavy atom. The van der Waals surface area contributed by atoms with Crippen molar-refractivity contribution in [3.63, 3.8) is 0 Å². The van der Waals surface area contributed by atoms with Crippen LogP contribution in [0.4, 0.5) is 0 Å². The van der Waals surface area contributed by atoms with Crippen LogP contribution in [-0.4, -0.2) is 38.6 Å². The van der Waals surface area contributed by atoms with Crippen LogP contribution in [0.2, 0.25) is 0 Å². The summed E-state index contributed by atoms with van der Waals surface area (Å²) in [6.07, 6.45) is 9.07. The molecule has 2 aromatic heterocycles.